The third-order valence-electron chi connectivity index (χ3n) is 7.43. The molecule has 3 aliphatic rings. The molecule has 2 saturated carbocycles. The summed E-state index contributed by atoms with van der Waals surface area (Å²) in [5.74, 6) is 3.70. The number of phenols is 1. The van der Waals surface area contributed by atoms with Crippen LogP contribution in [0.3, 0.4) is 0 Å². The minimum absolute atomic E-state index is 0.198. The van der Waals surface area contributed by atoms with Gasteiger partial charge in [-0.25, -0.2) is 0 Å². The average molecular weight is 354 g/mol. The van der Waals surface area contributed by atoms with Gasteiger partial charge in [-0.15, -0.1) is 6.42 Å². The first-order valence-electron chi connectivity index (χ1n) is 9.49. The van der Waals surface area contributed by atoms with Crippen molar-refractivity contribution in [3.8, 4) is 18.1 Å². The molecule has 0 radical (unpaired) electrons. The van der Waals surface area contributed by atoms with Crippen LogP contribution < -0.4 is 0 Å². The minimum Gasteiger partial charge on any atom is -0.508 e. The third kappa shape index (κ3) is 2.23. The first kappa shape index (κ1) is 17.4. The molecule has 6 atom stereocenters. The van der Waals surface area contributed by atoms with Gasteiger partial charge >= 0.3 is 5.97 Å². The van der Waals surface area contributed by atoms with Crippen molar-refractivity contribution in [1.29, 1.82) is 0 Å². The van der Waals surface area contributed by atoms with Crippen LogP contribution in [0.2, 0.25) is 0 Å². The van der Waals surface area contributed by atoms with Crippen molar-refractivity contribution in [2.45, 2.75) is 63.6 Å². The van der Waals surface area contributed by atoms with E-state index in [1.807, 2.05) is 6.07 Å². The van der Waals surface area contributed by atoms with Crippen molar-refractivity contribution in [3.05, 3.63) is 29.3 Å². The molecule has 0 saturated heterocycles. The number of phenolic OH excluding ortho intramolecular Hbond substituents is 1. The lowest BCUT2D eigenvalue weighted by Crippen LogP contribution is -2.52. The van der Waals surface area contributed by atoms with Crippen molar-refractivity contribution in [2.75, 3.05) is 0 Å². The molecule has 138 valence electrons. The zero-order chi connectivity index (χ0) is 18.7. The molecule has 2 N–H and O–H groups in total. The van der Waals surface area contributed by atoms with E-state index in [9.17, 15) is 15.0 Å². The number of carbonyl (C=O) groups excluding carboxylic acids is 1. The Kier molecular flexibility index (Phi) is 3.86. The monoisotopic (exact) mass is 354 g/mol. The number of carbonyl (C=O) groups is 1. The highest BCUT2D eigenvalue weighted by Crippen LogP contribution is 2.66. The van der Waals surface area contributed by atoms with Gasteiger partial charge in [-0.05, 0) is 73.1 Å². The average Bonchev–Trinajstić information content (AvgIpc) is 2.88. The second-order valence-corrected chi connectivity index (χ2v) is 8.50. The molecule has 0 aliphatic heterocycles. The molecule has 0 spiro atoms. The SMILES string of the molecule is C#CC1(OC(C)=O)CCC2C3CC(O)c4cc(O)ccc4C3CCC21C. The zero-order valence-corrected chi connectivity index (χ0v) is 15.4. The number of terminal acetylenes is 1. The predicted octanol–water partition coefficient (Wildman–Crippen LogP) is 3.67. The molecule has 0 amide bonds. The predicted molar refractivity (Wildman–Crippen MR) is 97.3 cm³/mol. The van der Waals surface area contributed by atoms with Crippen molar-refractivity contribution in [3.63, 3.8) is 0 Å². The molecule has 4 rings (SSSR count). The molecule has 1 aromatic carbocycles. The van der Waals surface area contributed by atoms with Crippen LogP contribution in [0.4, 0.5) is 0 Å². The van der Waals surface area contributed by atoms with E-state index in [2.05, 4.69) is 12.8 Å². The molecular weight excluding hydrogens is 328 g/mol. The van der Waals surface area contributed by atoms with Crippen molar-refractivity contribution >= 4 is 5.97 Å². The summed E-state index contributed by atoms with van der Waals surface area (Å²) in [5.41, 5.74) is 0.910. The number of aliphatic hydroxyl groups excluding tert-OH is 1. The Morgan fingerprint density at radius 3 is 2.77 bits per heavy atom. The molecule has 26 heavy (non-hydrogen) atoms. The Morgan fingerprint density at radius 2 is 2.08 bits per heavy atom. The Labute approximate surface area is 154 Å². The van der Waals surface area contributed by atoms with Crippen LogP contribution >= 0.6 is 0 Å². The highest BCUT2D eigenvalue weighted by molar-refractivity contribution is 5.67. The molecule has 0 bridgehead atoms. The molecular formula is C22H26O4. The number of hydrogen-bond donors (Lipinski definition) is 2. The number of aromatic hydroxyl groups is 1. The summed E-state index contributed by atoms with van der Waals surface area (Å²) in [5, 5.41) is 20.5. The lowest BCUT2D eigenvalue weighted by molar-refractivity contribution is -0.166. The molecule has 4 heteroatoms. The summed E-state index contributed by atoms with van der Waals surface area (Å²) in [6, 6.07) is 5.37. The van der Waals surface area contributed by atoms with E-state index < -0.39 is 11.7 Å². The zero-order valence-electron chi connectivity index (χ0n) is 15.4. The van der Waals surface area contributed by atoms with Crippen molar-refractivity contribution in [1.82, 2.24) is 0 Å². The van der Waals surface area contributed by atoms with E-state index in [-0.39, 0.29) is 17.1 Å². The van der Waals surface area contributed by atoms with E-state index in [0.29, 0.717) is 30.6 Å². The number of fused-ring (bicyclic) bond motifs is 5. The fourth-order valence-corrected chi connectivity index (χ4v) is 6.25. The highest BCUT2D eigenvalue weighted by Gasteiger charge is 2.64. The summed E-state index contributed by atoms with van der Waals surface area (Å²) >= 11 is 0. The number of benzene rings is 1. The quantitative estimate of drug-likeness (QED) is 0.596. The normalized spacial score (nSPS) is 40.7. The Bertz CT molecular complexity index is 794. The van der Waals surface area contributed by atoms with Crippen LogP contribution in [0.25, 0.3) is 0 Å². The van der Waals surface area contributed by atoms with Gasteiger partial charge in [0.05, 0.1) is 6.10 Å². The van der Waals surface area contributed by atoms with E-state index in [0.717, 1.165) is 30.4 Å². The van der Waals surface area contributed by atoms with Gasteiger partial charge in [0.25, 0.3) is 0 Å². The fraction of sp³-hybridized carbons (Fsp3) is 0.591. The standard InChI is InChI=1S/C22H26O4/c1-4-22(26-13(2)23)10-8-19-17-12-20(25)18-11-14(24)5-6-15(18)16(17)7-9-21(19,22)3/h1,5-6,11,16-17,19-20,24-25H,7-10,12H2,2-3H3. The Morgan fingerprint density at radius 1 is 1.31 bits per heavy atom. The molecule has 0 heterocycles. The van der Waals surface area contributed by atoms with Crippen LogP contribution in [0.5, 0.6) is 5.75 Å². The number of hydrogen-bond acceptors (Lipinski definition) is 4. The second kappa shape index (κ2) is 5.76. The molecule has 3 aliphatic carbocycles. The summed E-state index contributed by atoms with van der Waals surface area (Å²) in [6.07, 6.45) is 9.43. The number of esters is 1. The maximum Gasteiger partial charge on any atom is 0.304 e. The van der Waals surface area contributed by atoms with E-state index in [1.165, 1.54) is 6.92 Å². The number of rotatable bonds is 1. The van der Waals surface area contributed by atoms with Crippen LogP contribution in [0.1, 0.15) is 69.1 Å². The first-order chi connectivity index (χ1) is 12.3. The maximum atomic E-state index is 11.7. The van der Waals surface area contributed by atoms with Gasteiger partial charge in [0, 0.05) is 12.3 Å². The van der Waals surface area contributed by atoms with Crippen LogP contribution in [-0.4, -0.2) is 21.8 Å². The minimum atomic E-state index is -0.839. The van der Waals surface area contributed by atoms with Gasteiger partial charge in [-0.3, -0.25) is 4.79 Å². The van der Waals surface area contributed by atoms with E-state index in [4.69, 9.17) is 11.2 Å². The summed E-state index contributed by atoms with van der Waals surface area (Å²) in [7, 11) is 0. The van der Waals surface area contributed by atoms with Gasteiger partial charge in [-0.2, -0.15) is 0 Å². The second-order valence-electron chi connectivity index (χ2n) is 8.50. The maximum absolute atomic E-state index is 11.7. The van der Waals surface area contributed by atoms with Crippen molar-refractivity contribution < 1.29 is 19.7 Å². The lowest BCUT2D eigenvalue weighted by atomic mass is 9.53. The highest BCUT2D eigenvalue weighted by atomic mass is 16.6. The van der Waals surface area contributed by atoms with Crippen LogP contribution in [-0.2, 0) is 9.53 Å². The van der Waals surface area contributed by atoms with Gasteiger partial charge < -0.3 is 14.9 Å². The molecule has 2 fully saturated rings. The fourth-order valence-electron chi connectivity index (χ4n) is 6.25. The van der Waals surface area contributed by atoms with Crippen LogP contribution in [0.15, 0.2) is 18.2 Å². The summed E-state index contributed by atoms with van der Waals surface area (Å²) in [6.45, 7) is 3.59. The van der Waals surface area contributed by atoms with Gasteiger partial charge in [0.1, 0.15) is 5.75 Å². The van der Waals surface area contributed by atoms with Gasteiger partial charge in [-0.1, -0.05) is 18.9 Å². The number of aliphatic hydroxyl groups is 1. The topological polar surface area (TPSA) is 66.8 Å². The molecule has 0 aromatic heterocycles. The summed E-state index contributed by atoms with van der Waals surface area (Å²) < 4.78 is 5.74. The largest absolute Gasteiger partial charge is 0.508 e. The van der Waals surface area contributed by atoms with E-state index >= 15 is 0 Å². The lowest BCUT2D eigenvalue weighted by Gasteiger charge is -2.53. The molecule has 1 aromatic rings. The molecule has 4 nitrogen and oxygen atoms in total. The van der Waals surface area contributed by atoms with Gasteiger partial charge in [0.2, 0.25) is 0 Å². The smallest absolute Gasteiger partial charge is 0.304 e. The first-order valence-corrected chi connectivity index (χ1v) is 9.49. The van der Waals surface area contributed by atoms with Gasteiger partial charge in [0.15, 0.2) is 5.60 Å². The van der Waals surface area contributed by atoms with Crippen molar-refractivity contribution in [2.24, 2.45) is 17.3 Å². The third-order valence-corrected chi connectivity index (χ3v) is 7.43. The van der Waals surface area contributed by atoms with E-state index in [1.54, 1.807) is 12.1 Å². The van der Waals surface area contributed by atoms with Crippen LogP contribution in [0, 0.1) is 29.6 Å². The Hall–Kier alpha value is -1.99. The number of ether oxygens (including phenoxy) is 1. The molecule has 6 unspecified atom stereocenters. The Balaban J connectivity index is 1.73. The summed E-state index contributed by atoms with van der Waals surface area (Å²) in [4.78, 5) is 11.7.